The van der Waals surface area contributed by atoms with E-state index >= 15 is 0 Å². The molecule has 2 heterocycles. The van der Waals surface area contributed by atoms with Gasteiger partial charge in [0.25, 0.3) is 5.91 Å². The number of nitrogens with one attached hydrogen (secondary N) is 3. The van der Waals surface area contributed by atoms with Gasteiger partial charge in [0.1, 0.15) is 0 Å². The molecule has 3 aromatic rings. The normalized spacial score (nSPS) is 11.2. The first-order valence-electron chi connectivity index (χ1n) is 6.57. The predicted octanol–water partition coefficient (Wildman–Crippen LogP) is 2.70. The number of carbonyl (C=O) groups excluding carboxylic acids is 1. The van der Waals surface area contributed by atoms with Crippen LogP contribution in [-0.2, 0) is 0 Å². The Bertz CT molecular complexity index is 740. The fourth-order valence-corrected chi connectivity index (χ4v) is 2.17. The van der Waals surface area contributed by atoms with Gasteiger partial charge in [-0.3, -0.25) is 9.89 Å². The summed E-state index contributed by atoms with van der Waals surface area (Å²) in [6.45, 7) is 3.89. The summed E-state index contributed by atoms with van der Waals surface area (Å²) >= 11 is 0. The first-order chi connectivity index (χ1) is 9.63. The number of aromatic amines is 2. The van der Waals surface area contributed by atoms with Gasteiger partial charge in [0.05, 0.1) is 11.4 Å². The maximum absolute atomic E-state index is 12.0. The number of nitrogens with zero attached hydrogens (tertiary/aromatic N) is 1. The van der Waals surface area contributed by atoms with Crippen LogP contribution in [0.2, 0.25) is 0 Å². The quantitative estimate of drug-likeness (QED) is 0.683. The Kier molecular flexibility index (Phi) is 3.02. The molecule has 5 nitrogen and oxygen atoms in total. The van der Waals surface area contributed by atoms with Crippen LogP contribution in [0.4, 0.5) is 0 Å². The summed E-state index contributed by atoms with van der Waals surface area (Å²) < 4.78 is 0. The molecule has 0 bridgehead atoms. The number of fused-ring (bicyclic) bond motifs is 1. The second-order valence-electron chi connectivity index (χ2n) is 5.08. The fourth-order valence-electron chi connectivity index (χ4n) is 2.17. The molecule has 0 spiro atoms. The number of hydrogen-bond donors (Lipinski definition) is 3. The molecule has 2 aromatic heterocycles. The van der Waals surface area contributed by atoms with E-state index in [1.807, 2.05) is 44.2 Å². The smallest absolute Gasteiger partial charge is 0.251 e. The van der Waals surface area contributed by atoms with Gasteiger partial charge in [-0.05, 0) is 44.2 Å². The van der Waals surface area contributed by atoms with Crippen LogP contribution in [0.15, 0.2) is 36.5 Å². The largest absolute Gasteiger partial charge is 0.353 e. The van der Waals surface area contributed by atoms with Crippen molar-refractivity contribution in [2.45, 2.75) is 19.9 Å². The second-order valence-corrected chi connectivity index (χ2v) is 5.08. The van der Waals surface area contributed by atoms with Crippen molar-refractivity contribution in [2.24, 2.45) is 0 Å². The van der Waals surface area contributed by atoms with Crippen molar-refractivity contribution < 1.29 is 4.79 Å². The van der Waals surface area contributed by atoms with Gasteiger partial charge < -0.3 is 10.3 Å². The summed E-state index contributed by atoms with van der Waals surface area (Å²) in [5.74, 6) is -0.0498. The Labute approximate surface area is 116 Å². The van der Waals surface area contributed by atoms with Crippen molar-refractivity contribution in [3.8, 4) is 11.4 Å². The van der Waals surface area contributed by atoms with Crippen molar-refractivity contribution in [2.75, 3.05) is 0 Å². The summed E-state index contributed by atoms with van der Waals surface area (Å²) in [6.07, 6.45) is 1.71. The highest BCUT2D eigenvalue weighted by atomic mass is 16.1. The monoisotopic (exact) mass is 268 g/mol. The maximum Gasteiger partial charge on any atom is 0.251 e. The van der Waals surface area contributed by atoms with Gasteiger partial charge in [-0.25, -0.2) is 0 Å². The Balaban J connectivity index is 1.97. The molecule has 5 heteroatoms. The van der Waals surface area contributed by atoms with Crippen molar-refractivity contribution in [1.82, 2.24) is 20.5 Å². The molecule has 0 radical (unpaired) electrons. The standard InChI is InChI=1S/C15H16N4O/c1-9(2)17-15(20)10-3-4-12-11(7-10)8-14(18-12)13-5-6-16-19-13/h3-9,18H,1-2H3,(H,16,19)(H,17,20). The third kappa shape index (κ3) is 2.30. The first-order valence-corrected chi connectivity index (χ1v) is 6.57. The average molecular weight is 268 g/mol. The molecule has 0 aliphatic rings. The van der Waals surface area contributed by atoms with Crippen LogP contribution in [0.25, 0.3) is 22.3 Å². The van der Waals surface area contributed by atoms with Gasteiger partial charge in [-0.2, -0.15) is 5.10 Å². The zero-order valence-corrected chi connectivity index (χ0v) is 11.4. The third-order valence-corrected chi connectivity index (χ3v) is 3.09. The molecule has 0 unspecified atom stereocenters. The topological polar surface area (TPSA) is 73.6 Å². The number of amides is 1. The van der Waals surface area contributed by atoms with Gasteiger partial charge >= 0.3 is 0 Å². The molecule has 0 saturated heterocycles. The third-order valence-electron chi connectivity index (χ3n) is 3.09. The molecule has 20 heavy (non-hydrogen) atoms. The Morgan fingerprint density at radius 2 is 2.05 bits per heavy atom. The fraction of sp³-hybridized carbons (Fsp3) is 0.200. The zero-order valence-electron chi connectivity index (χ0n) is 11.4. The van der Waals surface area contributed by atoms with Gasteiger partial charge in [0.2, 0.25) is 0 Å². The number of carbonyl (C=O) groups is 1. The minimum atomic E-state index is -0.0498. The van der Waals surface area contributed by atoms with Gasteiger partial charge in [-0.1, -0.05) is 0 Å². The van der Waals surface area contributed by atoms with E-state index in [0.29, 0.717) is 5.56 Å². The molecule has 1 amide bonds. The summed E-state index contributed by atoms with van der Waals surface area (Å²) in [4.78, 5) is 15.3. The van der Waals surface area contributed by atoms with Crippen molar-refractivity contribution in [3.05, 3.63) is 42.1 Å². The minimum absolute atomic E-state index is 0.0498. The highest BCUT2D eigenvalue weighted by Crippen LogP contribution is 2.23. The average Bonchev–Trinajstić information content (AvgIpc) is 3.05. The molecule has 102 valence electrons. The maximum atomic E-state index is 12.0. The Morgan fingerprint density at radius 3 is 2.75 bits per heavy atom. The van der Waals surface area contributed by atoms with Gasteiger partial charge in [0.15, 0.2) is 0 Å². The lowest BCUT2D eigenvalue weighted by Crippen LogP contribution is -2.29. The first kappa shape index (κ1) is 12.5. The van der Waals surface area contributed by atoms with Crippen molar-refractivity contribution in [3.63, 3.8) is 0 Å². The van der Waals surface area contributed by atoms with Crippen molar-refractivity contribution in [1.29, 1.82) is 0 Å². The van der Waals surface area contributed by atoms with E-state index in [0.717, 1.165) is 22.3 Å². The van der Waals surface area contributed by atoms with Crippen LogP contribution in [0.5, 0.6) is 0 Å². The molecular formula is C15H16N4O. The molecule has 1 aromatic carbocycles. The lowest BCUT2D eigenvalue weighted by molar-refractivity contribution is 0.0943. The number of hydrogen-bond acceptors (Lipinski definition) is 2. The molecule has 0 aliphatic heterocycles. The predicted molar refractivity (Wildman–Crippen MR) is 78.5 cm³/mol. The van der Waals surface area contributed by atoms with Crippen LogP contribution >= 0.6 is 0 Å². The summed E-state index contributed by atoms with van der Waals surface area (Å²) in [5.41, 5.74) is 3.55. The zero-order chi connectivity index (χ0) is 14.1. The number of benzene rings is 1. The summed E-state index contributed by atoms with van der Waals surface area (Å²) in [6, 6.07) is 9.68. The van der Waals surface area contributed by atoms with Crippen LogP contribution in [0, 0.1) is 0 Å². The molecule has 0 aliphatic carbocycles. The van der Waals surface area contributed by atoms with Gasteiger partial charge in [-0.15, -0.1) is 0 Å². The summed E-state index contributed by atoms with van der Waals surface area (Å²) in [7, 11) is 0. The van der Waals surface area contributed by atoms with E-state index < -0.39 is 0 Å². The summed E-state index contributed by atoms with van der Waals surface area (Å²) in [5, 5.41) is 10.8. The number of aromatic nitrogens is 3. The molecule has 0 fully saturated rings. The molecule has 0 atom stereocenters. The highest BCUT2D eigenvalue weighted by Gasteiger charge is 2.10. The van der Waals surface area contributed by atoms with E-state index in [2.05, 4.69) is 20.5 Å². The number of rotatable bonds is 3. The lowest BCUT2D eigenvalue weighted by atomic mass is 10.1. The van der Waals surface area contributed by atoms with Crippen molar-refractivity contribution >= 4 is 16.8 Å². The van der Waals surface area contributed by atoms with Crippen LogP contribution < -0.4 is 5.32 Å². The minimum Gasteiger partial charge on any atom is -0.353 e. The van der Waals surface area contributed by atoms with Crippen LogP contribution in [-0.4, -0.2) is 27.1 Å². The SMILES string of the molecule is CC(C)NC(=O)c1ccc2[nH]c(-c3ccn[nH]3)cc2c1. The Morgan fingerprint density at radius 1 is 1.20 bits per heavy atom. The highest BCUT2D eigenvalue weighted by molar-refractivity contribution is 5.99. The van der Waals surface area contributed by atoms with Gasteiger partial charge in [0, 0.05) is 28.7 Å². The van der Waals surface area contributed by atoms with E-state index in [4.69, 9.17) is 0 Å². The van der Waals surface area contributed by atoms with Crippen LogP contribution in [0.1, 0.15) is 24.2 Å². The van der Waals surface area contributed by atoms with Crippen LogP contribution in [0.3, 0.4) is 0 Å². The molecule has 3 rings (SSSR count). The Hall–Kier alpha value is -2.56. The molecule has 0 saturated carbocycles. The molecule has 3 N–H and O–H groups in total. The second kappa shape index (κ2) is 4.85. The molecular weight excluding hydrogens is 252 g/mol. The lowest BCUT2D eigenvalue weighted by Gasteiger charge is -2.07. The van der Waals surface area contributed by atoms with E-state index in [1.54, 1.807) is 6.20 Å². The van der Waals surface area contributed by atoms with E-state index in [1.165, 1.54) is 0 Å². The van der Waals surface area contributed by atoms with E-state index in [-0.39, 0.29) is 11.9 Å². The van der Waals surface area contributed by atoms with E-state index in [9.17, 15) is 4.79 Å². The number of H-pyrrole nitrogens is 2.